The third-order valence-electron chi connectivity index (χ3n) is 2.91. The zero-order valence-electron chi connectivity index (χ0n) is 11.0. The third kappa shape index (κ3) is 7.72. The van der Waals surface area contributed by atoms with Gasteiger partial charge >= 0.3 is 0 Å². The molecule has 0 fully saturated rings. The molecular formula is C14H25N3. The highest BCUT2D eigenvalue weighted by Gasteiger charge is 1.93. The lowest BCUT2D eigenvalue weighted by atomic mass is 10.1. The Kier molecular flexibility index (Phi) is 8.25. The summed E-state index contributed by atoms with van der Waals surface area (Å²) in [5.41, 5.74) is 0. The molecule has 0 amide bonds. The van der Waals surface area contributed by atoms with E-state index >= 15 is 0 Å². The maximum Gasteiger partial charge on any atom is 0.148 e. The number of rotatable bonds is 10. The predicted octanol–water partition coefficient (Wildman–Crippen LogP) is 4.03. The first-order valence-electron chi connectivity index (χ1n) is 6.95. The molecule has 0 atom stereocenters. The molecule has 17 heavy (non-hydrogen) atoms. The summed E-state index contributed by atoms with van der Waals surface area (Å²) in [6, 6.07) is 3.86. The molecule has 0 radical (unpaired) electrons. The van der Waals surface area contributed by atoms with E-state index in [0.29, 0.717) is 0 Å². The van der Waals surface area contributed by atoms with E-state index in [1.165, 1.54) is 51.4 Å². The molecule has 3 heteroatoms. The highest BCUT2D eigenvalue weighted by atomic mass is 15.2. The molecule has 1 aromatic rings. The predicted molar refractivity (Wildman–Crippen MR) is 73.1 cm³/mol. The molecule has 0 saturated heterocycles. The van der Waals surface area contributed by atoms with Crippen molar-refractivity contribution in [2.24, 2.45) is 0 Å². The van der Waals surface area contributed by atoms with Gasteiger partial charge in [0.05, 0.1) is 0 Å². The highest BCUT2D eigenvalue weighted by Crippen LogP contribution is 2.08. The van der Waals surface area contributed by atoms with Crippen molar-refractivity contribution in [2.45, 2.75) is 58.3 Å². The van der Waals surface area contributed by atoms with Gasteiger partial charge in [0.25, 0.3) is 0 Å². The SMILES string of the molecule is CCCCCCCCCCNc1cccnn1. The molecule has 0 aliphatic carbocycles. The Labute approximate surface area is 105 Å². The van der Waals surface area contributed by atoms with Gasteiger partial charge in [-0.3, -0.25) is 0 Å². The molecule has 0 saturated carbocycles. The Balaban J connectivity index is 1.85. The van der Waals surface area contributed by atoms with E-state index in [9.17, 15) is 0 Å². The molecule has 0 aliphatic heterocycles. The molecule has 1 heterocycles. The molecular weight excluding hydrogens is 210 g/mol. The second kappa shape index (κ2) is 10.1. The van der Waals surface area contributed by atoms with Crippen LogP contribution < -0.4 is 5.32 Å². The van der Waals surface area contributed by atoms with Crippen molar-refractivity contribution < 1.29 is 0 Å². The fraction of sp³-hybridized carbons (Fsp3) is 0.714. The van der Waals surface area contributed by atoms with Crippen LogP contribution in [-0.4, -0.2) is 16.7 Å². The van der Waals surface area contributed by atoms with E-state index in [-0.39, 0.29) is 0 Å². The largest absolute Gasteiger partial charge is 0.369 e. The van der Waals surface area contributed by atoms with Crippen molar-refractivity contribution in [3.05, 3.63) is 18.3 Å². The van der Waals surface area contributed by atoms with E-state index in [1.54, 1.807) is 6.20 Å². The molecule has 3 nitrogen and oxygen atoms in total. The first-order valence-corrected chi connectivity index (χ1v) is 6.95. The van der Waals surface area contributed by atoms with Crippen LogP contribution in [-0.2, 0) is 0 Å². The van der Waals surface area contributed by atoms with Gasteiger partial charge in [0.15, 0.2) is 0 Å². The van der Waals surface area contributed by atoms with E-state index in [0.717, 1.165) is 12.4 Å². The van der Waals surface area contributed by atoms with Crippen molar-refractivity contribution >= 4 is 5.82 Å². The van der Waals surface area contributed by atoms with E-state index in [4.69, 9.17) is 0 Å². The summed E-state index contributed by atoms with van der Waals surface area (Å²) in [6.07, 6.45) is 12.6. The Hall–Kier alpha value is -1.12. The van der Waals surface area contributed by atoms with Crippen LogP contribution in [0.5, 0.6) is 0 Å². The first-order chi connectivity index (χ1) is 8.43. The zero-order valence-corrected chi connectivity index (χ0v) is 11.0. The molecule has 0 unspecified atom stereocenters. The van der Waals surface area contributed by atoms with Gasteiger partial charge in [0.2, 0.25) is 0 Å². The average molecular weight is 235 g/mol. The standard InChI is InChI=1S/C14H25N3/c1-2-3-4-5-6-7-8-9-12-15-14-11-10-13-16-17-14/h10-11,13H,2-9,12H2,1H3,(H,15,17). The van der Waals surface area contributed by atoms with Crippen LogP contribution in [0.2, 0.25) is 0 Å². The smallest absolute Gasteiger partial charge is 0.148 e. The molecule has 1 rings (SSSR count). The monoisotopic (exact) mass is 235 g/mol. The second-order valence-electron chi connectivity index (χ2n) is 4.51. The van der Waals surface area contributed by atoms with Gasteiger partial charge in [0, 0.05) is 12.7 Å². The lowest BCUT2D eigenvalue weighted by Crippen LogP contribution is -2.03. The van der Waals surface area contributed by atoms with Crippen LogP contribution >= 0.6 is 0 Å². The van der Waals surface area contributed by atoms with Crippen LogP contribution in [0.3, 0.4) is 0 Å². The Morgan fingerprint density at radius 2 is 1.71 bits per heavy atom. The topological polar surface area (TPSA) is 37.8 Å². The number of hydrogen-bond acceptors (Lipinski definition) is 3. The first kappa shape index (κ1) is 13.9. The minimum atomic E-state index is 0.885. The lowest BCUT2D eigenvalue weighted by molar-refractivity contribution is 0.581. The minimum Gasteiger partial charge on any atom is -0.369 e. The summed E-state index contributed by atoms with van der Waals surface area (Å²) in [6.45, 7) is 3.27. The summed E-state index contributed by atoms with van der Waals surface area (Å²) in [7, 11) is 0. The fourth-order valence-electron chi connectivity index (χ4n) is 1.87. The number of hydrogen-bond donors (Lipinski definition) is 1. The van der Waals surface area contributed by atoms with Crippen molar-refractivity contribution in [2.75, 3.05) is 11.9 Å². The Morgan fingerprint density at radius 1 is 1.00 bits per heavy atom. The van der Waals surface area contributed by atoms with Gasteiger partial charge in [-0.1, -0.05) is 51.9 Å². The lowest BCUT2D eigenvalue weighted by Gasteiger charge is -2.04. The van der Waals surface area contributed by atoms with Crippen LogP contribution in [0.25, 0.3) is 0 Å². The van der Waals surface area contributed by atoms with Gasteiger partial charge in [0.1, 0.15) is 5.82 Å². The van der Waals surface area contributed by atoms with Crippen LogP contribution in [0.1, 0.15) is 58.3 Å². The number of anilines is 1. The van der Waals surface area contributed by atoms with Crippen LogP contribution in [0.15, 0.2) is 18.3 Å². The Morgan fingerprint density at radius 3 is 2.35 bits per heavy atom. The molecule has 1 N–H and O–H groups in total. The average Bonchev–Trinajstić information content (AvgIpc) is 2.38. The van der Waals surface area contributed by atoms with Gasteiger partial charge in [-0.25, -0.2) is 0 Å². The molecule has 0 bridgehead atoms. The maximum atomic E-state index is 3.99. The van der Waals surface area contributed by atoms with E-state index in [2.05, 4.69) is 22.4 Å². The summed E-state index contributed by atoms with van der Waals surface area (Å²) in [5.74, 6) is 0.885. The number of unbranched alkanes of at least 4 members (excludes halogenated alkanes) is 7. The van der Waals surface area contributed by atoms with Gasteiger partial charge < -0.3 is 5.32 Å². The van der Waals surface area contributed by atoms with Gasteiger partial charge in [-0.15, -0.1) is 5.10 Å². The van der Waals surface area contributed by atoms with Crippen molar-refractivity contribution in [3.63, 3.8) is 0 Å². The normalized spacial score (nSPS) is 10.4. The number of nitrogens with zero attached hydrogens (tertiary/aromatic N) is 2. The molecule has 0 aromatic carbocycles. The molecule has 1 aromatic heterocycles. The van der Waals surface area contributed by atoms with Gasteiger partial charge in [-0.05, 0) is 18.6 Å². The van der Waals surface area contributed by atoms with Crippen molar-refractivity contribution in [3.8, 4) is 0 Å². The summed E-state index contributed by atoms with van der Waals surface area (Å²) in [4.78, 5) is 0. The quantitative estimate of drug-likeness (QED) is 0.622. The van der Waals surface area contributed by atoms with Crippen LogP contribution in [0, 0.1) is 0 Å². The van der Waals surface area contributed by atoms with Crippen LogP contribution in [0.4, 0.5) is 5.82 Å². The maximum absolute atomic E-state index is 3.99. The zero-order chi connectivity index (χ0) is 12.2. The van der Waals surface area contributed by atoms with Gasteiger partial charge in [-0.2, -0.15) is 5.10 Å². The molecule has 96 valence electrons. The summed E-state index contributed by atoms with van der Waals surface area (Å²) >= 11 is 0. The number of nitrogens with one attached hydrogen (secondary N) is 1. The van der Waals surface area contributed by atoms with Crippen molar-refractivity contribution in [1.82, 2.24) is 10.2 Å². The second-order valence-corrected chi connectivity index (χ2v) is 4.51. The third-order valence-corrected chi connectivity index (χ3v) is 2.91. The molecule has 0 spiro atoms. The molecule has 0 aliphatic rings. The summed E-state index contributed by atoms with van der Waals surface area (Å²) in [5, 5.41) is 11.1. The fourth-order valence-corrected chi connectivity index (χ4v) is 1.87. The minimum absolute atomic E-state index is 0.885. The highest BCUT2D eigenvalue weighted by molar-refractivity contribution is 5.30. The van der Waals surface area contributed by atoms with E-state index < -0.39 is 0 Å². The van der Waals surface area contributed by atoms with E-state index in [1.807, 2.05) is 12.1 Å². The summed E-state index contributed by atoms with van der Waals surface area (Å²) < 4.78 is 0. The van der Waals surface area contributed by atoms with Crippen molar-refractivity contribution in [1.29, 1.82) is 0 Å². The Bertz CT molecular complexity index is 261. The number of aromatic nitrogens is 2.